The van der Waals surface area contributed by atoms with Gasteiger partial charge in [0, 0.05) is 16.5 Å². The van der Waals surface area contributed by atoms with E-state index in [0.717, 1.165) is 5.69 Å². The third-order valence-corrected chi connectivity index (χ3v) is 10.9. The van der Waals surface area contributed by atoms with Crippen LogP contribution < -0.4 is 0 Å². The second kappa shape index (κ2) is 11.6. The fourth-order valence-electron chi connectivity index (χ4n) is 8.71. The summed E-state index contributed by atoms with van der Waals surface area (Å²) in [4.78, 5) is 0. The van der Waals surface area contributed by atoms with Crippen LogP contribution in [0.5, 0.6) is 0 Å². The van der Waals surface area contributed by atoms with Crippen LogP contribution >= 0.6 is 0 Å². The standard InChI is InChI=1S/C50H35N/c1-34-14-12-15-35(30-34)36-16-13-17-37(31-36)38-26-28-44-43-23-9-11-25-48(43)51(49(44)32-38)41-27-29-47-45(33-41)42-22-8-10-24-46(42)50(47,39-18-4-2-5-19-39)40-20-6-3-7-21-40/h2-33H,1H3. The topological polar surface area (TPSA) is 4.93 Å². The Morgan fingerprint density at radius 2 is 0.961 bits per heavy atom. The van der Waals surface area contributed by atoms with Crippen LogP contribution in [-0.2, 0) is 5.41 Å². The van der Waals surface area contributed by atoms with Crippen molar-refractivity contribution in [3.8, 4) is 39.1 Å². The van der Waals surface area contributed by atoms with Gasteiger partial charge in [-0.3, -0.25) is 0 Å². The molecule has 0 N–H and O–H groups in total. The Hall–Kier alpha value is -6.44. The Morgan fingerprint density at radius 3 is 1.71 bits per heavy atom. The summed E-state index contributed by atoms with van der Waals surface area (Å²) >= 11 is 0. The van der Waals surface area contributed by atoms with Crippen LogP contribution in [0, 0.1) is 6.92 Å². The summed E-state index contributed by atoms with van der Waals surface area (Å²) in [6, 6.07) is 71.7. The summed E-state index contributed by atoms with van der Waals surface area (Å²) in [5.41, 5.74) is 17.1. The van der Waals surface area contributed by atoms with Crippen molar-refractivity contribution in [2.45, 2.75) is 12.3 Å². The van der Waals surface area contributed by atoms with E-state index in [1.165, 1.54) is 83.0 Å². The van der Waals surface area contributed by atoms with E-state index >= 15 is 0 Å². The molecule has 1 heteroatoms. The number of hydrogen-bond acceptors (Lipinski definition) is 0. The minimum absolute atomic E-state index is 0.413. The van der Waals surface area contributed by atoms with Crippen molar-refractivity contribution in [1.82, 2.24) is 4.57 Å². The van der Waals surface area contributed by atoms with E-state index in [1.807, 2.05) is 0 Å². The molecule has 0 radical (unpaired) electrons. The van der Waals surface area contributed by atoms with Gasteiger partial charge in [-0.15, -0.1) is 0 Å². The van der Waals surface area contributed by atoms with E-state index in [4.69, 9.17) is 0 Å². The maximum atomic E-state index is 2.46. The van der Waals surface area contributed by atoms with Crippen LogP contribution in [0.3, 0.4) is 0 Å². The van der Waals surface area contributed by atoms with E-state index in [1.54, 1.807) is 0 Å². The number of benzene rings is 8. The summed E-state index contributed by atoms with van der Waals surface area (Å²) in [5, 5.41) is 2.52. The number of aromatic nitrogens is 1. The summed E-state index contributed by atoms with van der Waals surface area (Å²) in [6.07, 6.45) is 0. The van der Waals surface area contributed by atoms with Gasteiger partial charge in [-0.2, -0.15) is 0 Å². The lowest BCUT2D eigenvalue weighted by atomic mass is 9.68. The van der Waals surface area contributed by atoms with E-state index in [-0.39, 0.29) is 0 Å². The molecular weight excluding hydrogens is 615 g/mol. The number of aryl methyl sites for hydroxylation is 1. The molecule has 9 aromatic rings. The second-order valence-electron chi connectivity index (χ2n) is 13.8. The van der Waals surface area contributed by atoms with Crippen LogP contribution in [0.4, 0.5) is 0 Å². The van der Waals surface area contributed by atoms with Gasteiger partial charge in [0.15, 0.2) is 0 Å². The normalized spacial score (nSPS) is 13.0. The van der Waals surface area contributed by atoms with Crippen LogP contribution in [0.25, 0.3) is 60.9 Å². The molecule has 10 rings (SSSR count). The average molecular weight is 650 g/mol. The van der Waals surface area contributed by atoms with Gasteiger partial charge in [0.1, 0.15) is 0 Å². The molecule has 240 valence electrons. The van der Waals surface area contributed by atoms with Crippen molar-refractivity contribution in [2.24, 2.45) is 0 Å². The van der Waals surface area contributed by atoms with E-state index in [9.17, 15) is 0 Å². The van der Waals surface area contributed by atoms with Crippen molar-refractivity contribution in [3.63, 3.8) is 0 Å². The van der Waals surface area contributed by atoms with Gasteiger partial charge in [0.25, 0.3) is 0 Å². The lowest BCUT2D eigenvalue weighted by Crippen LogP contribution is -2.28. The fourth-order valence-corrected chi connectivity index (χ4v) is 8.71. The number of rotatable bonds is 5. The molecule has 0 aliphatic heterocycles. The molecule has 0 amide bonds. The zero-order valence-electron chi connectivity index (χ0n) is 28.4. The molecule has 0 spiro atoms. The summed E-state index contributed by atoms with van der Waals surface area (Å²) < 4.78 is 2.46. The average Bonchev–Trinajstić information content (AvgIpc) is 3.69. The van der Waals surface area contributed by atoms with Gasteiger partial charge in [-0.1, -0.05) is 169 Å². The Labute approximate surface area is 298 Å². The van der Waals surface area contributed by atoms with Crippen LogP contribution in [0.15, 0.2) is 194 Å². The first-order chi connectivity index (χ1) is 25.2. The molecule has 1 nitrogen and oxygen atoms in total. The van der Waals surface area contributed by atoms with Crippen molar-refractivity contribution < 1.29 is 0 Å². The highest BCUT2D eigenvalue weighted by Gasteiger charge is 2.46. The molecule has 51 heavy (non-hydrogen) atoms. The van der Waals surface area contributed by atoms with E-state index < -0.39 is 5.41 Å². The molecule has 1 aliphatic carbocycles. The second-order valence-corrected chi connectivity index (χ2v) is 13.8. The molecular formula is C50H35N. The van der Waals surface area contributed by atoms with Gasteiger partial charge < -0.3 is 4.57 Å². The van der Waals surface area contributed by atoms with Crippen LogP contribution in [0.2, 0.25) is 0 Å². The van der Waals surface area contributed by atoms with Gasteiger partial charge in [0.05, 0.1) is 16.4 Å². The number of hydrogen-bond donors (Lipinski definition) is 0. The van der Waals surface area contributed by atoms with Crippen molar-refractivity contribution in [3.05, 3.63) is 222 Å². The molecule has 0 bridgehead atoms. The van der Waals surface area contributed by atoms with Crippen molar-refractivity contribution in [1.29, 1.82) is 0 Å². The van der Waals surface area contributed by atoms with Gasteiger partial charge in [-0.25, -0.2) is 0 Å². The molecule has 8 aromatic carbocycles. The number of para-hydroxylation sites is 1. The molecule has 1 aliphatic rings. The van der Waals surface area contributed by atoms with E-state index in [2.05, 4.69) is 206 Å². The fraction of sp³-hybridized carbons (Fsp3) is 0.0400. The lowest BCUT2D eigenvalue weighted by molar-refractivity contribution is 0.768. The van der Waals surface area contributed by atoms with Gasteiger partial charge in [-0.05, 0) is 92.9 Å². The number of nitrogens with zero attached hydrogens (tertiary/aromatic N) is 1. The largest absolute Gasteiger partial charge is 0.309 e. The third-order valence-electron chi connectivity index (χ3n) is 10.9. The Kier molecular flexibility index (Phi) is 6.69. The smallest absolute Gasteiger partial charge is 0.0713 e. The maximum absolute atomic E-state index is 2.46. The predicted octanol–water partition coefficient (Wildman–Crippen LogP) is 12.8. The lowest BCUT2D eigenvalue weighted by Gasteiger charge is -2.33. The van der Waals surface area contributed by atoms with Gasteiger partial charge in [0.2, 0.25) is 0 Å². The molecule has 0 atom stereocenters. The SMILES string of the molecule is Cc1cccc(-c2cccc(-c3ccc4c5ccccc5n(-c5ccc6c(c5)-c5ccccc5C6(c5ccccc5)c5ccccc5)c4c3)c2)c1. The Balaban J connectivity index is 1.20. The Morgan fingerprint density at radius 1 is 0.373 bits per heavy atom. The van der Waals surface area contributed by atoms with E-state index in [0.29, 0.717) is 0 Å². The first-order valence-electron chi connectivity index (χ1n) is 17.8. The van der Waals surface area contributed by atoms with Crippen molar-refractivity contribution in [2.75, 3.05) is 0 Å². The van der Waals surface area contributed by atoms with Gasteiger partial charge >= 0.3 is 0 Å². The zero-order valence-corrected chi connectivity index (χ0v) is 28.4. The number of fused-ring (bicyclic) bond motifs is 6. The minimum atomic E-state index is -0.413. The molecule has 0 fully saturated rings. The summed E-state index contributed by atoms with van der Waals surface area (Å²) in [5.74, 6) is 0. The van der Waals surface area contributed by atoms with Crippen LogP contribution in [0.1, 0.15) is 27.8 Å². The molecule has 1 aromatic heterocycles. The Bertz CT molecular complexity index is 2710. The summed E-state index contributed by atoms with van der Waals surface area (Å²) in [6.45, 7) is 2.15. The predicted molar refractivity (Wildman–Crippen MR) is 214 cm³/mol. The molecule has 0 saturated heterocycles. The highest BCUT2D eigenvalue weighted by atomic mass is 15.0. The molecule has 0 saturated carbocycles. The highest BCUT2D eigenvalue weighted by Crippen LogP contribution is 2.56. The first kappa shape index (κ1) is 29.5. The quantitative estimate of drug-likeness (QED) is 0.175. The molecule has 1 heterocycles. The molecule has 0 unspecified atom stereocenters. The van der Waals surface area contributed by atoms with Crippen molar-refractivity contribution >= 4 is 21.8 Å². The zero-order chi connectivity index (χ0) is 33.9. The third kappa shape index (κ3) is 4.48. The monoisotopic (exact) mass is 649 g/mol. The minimum Gasteiger partial charge on any atom is -0.309 e. The van der Waals surface area contributed by atoms with Crippen LogP contribution in [-0.4, -0.2) is 4.57 Å². The summed E-state index contributed by atoms with van der Waals surface area (Å²) in [7, 11) is 0. The first-order valence-corrected chi connectivity index (χ1v) is 17.8. The highest BCUT2D eigenvalue weighted by molar-refractivity contribution is 6.10. The maximum Gasteiger partial charge on any atom is 0.0713 e.